The number of amides is 1. The molecule has 0 fully saturated rings. The minimum atomic E-state index is -0.213. The number of aliphatic hydroxyl groups is 1. The summed E-state index contributed by atoms with van der Waals surface area (Å²) in [6, 6.07) is 21.9. The fourth-order valence-corrected chi connectivity index (χ4v) is 3.06. The molecular formula is C25H28N4O3. The number of aliphatic hydroxyl groups excluding tert-OH is 1. The van der Waals surface area contributed by atoms with Crippen LogP contribution in [0.25, 0.3) is 0 Å². The van der Waals surface area contributed by atoms with Gasteiger partial charge in [0.25, 0.3) is 5.91 Å². The molecular weight excluding hydrogens is 404 g/mol. The summed E-state index contributed by atoms with van der Waals surface area (Å²) in [5.41, 5.74) is 9.62. The first-order valence-electron chi connectivity index (χ1n) is 10.4. The van der Waals surface area contributed by atoms with Gasteiger partial charge in [-0.2, -0.15) is 0 Å². The lowest BCUT2D eigenvalue weighted by Crippen LogP contribution is -2.21. The van der Waals surface area contributed by atoms with Gasteiger partial charge in [0.2, 0.25) is 0 Å². The van der Waals surface area contributed by atoms with Gasteiger partial charge >= 0.3 is 0 Å². The van der Waals surface area contributed by atoms with Crippen LogP contribution in [0.5, 0.6) is 5.75 Å². The summed E-state index contributed by atoms with van der Waals surface area (Å²) in [4.78, 5) is 17.0. The van der Waals surface area contributed by atoms with Gasteiger partial charge in [0, 0.05) is 41.5 Å². The van der Waals surface area contributed by atoms with Crippen molar-refractivity contribution in [1.82, 2.24) is 0 Å². The fraction of sp³-hybridized carbons (Fsp3) is 0.200. The maximum atomic E-state index is 12.6. The van der Waals surface area contributed by atoms with Gasteiger partial charge in [-0.05, 0) is 67.4 Å². The molecule has 0 aliphatic rings. The van der Waals surface area contributed by atoms with Crippen molar-refractivity contribution >= 4 is 34.9 Å². The van der Waals surface area contributed by atoms with Crippen molar-refractivity contribution in [1.29, 1.82) is 0 Å². The van der Waals surface area contributed by atoms with Gasteiger partial charge in [-0.15, -0.1) is 0 Å². The van der Waals surface area contributed by atoms with E-state index in [1.54, 1.807) is 37.6 Å². The molecule has 0 bridgehead atoms. The van der Waals surface area contributed by atoms with E-state index in [1.165, 1.54) is 0 Å². The first kappa shape index (κ1) is 23.0. The number of rotatable bonds is 10. The van der Waals surface area contributed by atoms with Crippen LogP contribution in [-0.4, -0.2) is 37.0 Å². The number of nitrogens with one attached hydrogen (secondary N) is 2. The van der Waals surface area contributed by atoms with Crippen molar-refractivity contribution < 1.29 is 14.6 Å². The van der Waals surface area contributed by atoms with Gasteiger partial charge in [0.15, 0.2) is 0 Å². The molecule has 0 saturated heterocycles. The van der Waals surface area contributed by atoms with E-state index in [9.17, 15) is 4.79 Å². The van der Waals surface area contributed by atoms with Crippen molar-refractivity contribution in [2.24, 2.45) is 10.7 Å². The highest BCUT2D eigenvalue weighted by Crippen LogP contribution is 2.24. The first-order valence-corrected chi connectivity index (χ1v) is 10.4. The standard InChI is InChI=1S/C25H28N4O3/c1-32-24-12-2-6-18(14-24)25(31)29-23-11-4-10-22(16-23)28-21-9-3-8-20(15-21)27-17-19(26)7-5-13-30/h2-4,6,8-12,14-17,19,28,30H,5,7,13,26H2,1H3,(H,29,31). The van der Waals surface area contributed by atoms with Gasteiger partial charge < -0.3 is 26.2 Å². The van der Waals surface area contributed by atoms with E-state index in [0.717, 1.165) is 17.1 Å². The molecule has 3 aromatic rings. The third kappa shape index (κ3) is 6.94. The summed E-state index contributed by atoms with van der Waals surface area (Å²) >= 11 is 0. The quantitative estimate of drug-likeness (QED) is 0.353. The number of ether oxygens (including phenoxy) is 1. The first-order chi connectivity index (χ1) is 15.6. The number of anilines is 3. The molecule has 0 saturated carbocycles. The number of carbonyl (C=O) groups excluding carboxylic acids is 1. The minimum Gasteiger partial charge on any atom is -0.497 e. The highest BCUT2D eigenvalue weighted by Gasteiger charge is 2.08. The summed E-state index contributed by atoms with van der Waals surface area (Å²) in [7, 11) is 1.57. The lowest BCUT2D eigenvalue weighted by atomic mass is 10.2. The topological polar surface area (TPSA) is 109 Å². The van der Waals surface area contributed by atoms with Crippen LogP contribution in [0.3, 0.4) is 0 Å². The van der Waals surface area contributed by atoms with E-state index < -0.39 is 0 Å². The second kappa shape index (κ2) is 11.6. The molecule has 3 aromatic carbocycles. The normalized spacial score (nSPS) is 11.8. The molecule has 3 rings (SSSR count). The summed E-state index contributed by atoms with van der Waals surface area (Å²) in [5, 5.41) is 15.1. The van der Waals surface area contributed by atoms with E-state index in [1.807, 2.05) is 48.5 Å². The Morgan fingerprint density at radius 3 is 2.56 bits per heavy atom. The maximum absolute atomic E-state index is 12.6. The molecule has 166 valence electrons. The van der Waals surface area contributed by atoms with Crippen molar-refractivity contribution in [2.75, 3.05) is 24.4 Å². The number of benzene rings is 3. The van der Waals surface area contributed by atoms with Crippen molar-refractivity contribution in [3.8, 4) is 5.75 Å². The molecule has 0 spiro atoms. The smallest absolute Gasteiger partial charge is 0.255 e. The van der Waals surface area contributed by atoms with Crippen LogP contribution in [0, 0.1) is 0 Å². The zero-order valence-corrected chi connectivity index (χ0v) is 18.0. The second-order valence-corrected chi connectivity index (χ2v) is 7.25. The average molecular weight is 433 g/mol. The summed E-state index contributed by atoms with van der Waals surface area (Å²) in [5.74, 6) is 0.417. The van der Waals surface area contributed by atoms with Crippen LogP contribution in [0.15, 0.2) is 77.8 Å². The highest BCUT2D eigenvalue weighted by atomic mass is 16.5. The Hall–Kier alpha value is -3.68. The zero-order valence-electron chi connectivity index (χ0n) is 18.0. The number of methoxy groups -OCH3 is 1. The van der Waals surface area contributed by atoms with Gasteiger partial charge in [0.05, 0.1) is 12.8 Å². The van der Waals surface area contributed by atoms with Gasteiger partial charge in [-0.1, -0.05) is 18.2 Å². The van der Waals surface area contributed by atoms with Crippen LogP contribution < -0.4 is 21.1 Å². The Balaban J connectivity index is 1.65. The molecule has 0 aliphatic heterocycles. The van der Waals surface area contributed by atoms with E-state index in [0.29, 0.717) is 29.8 Å². The average Bonchev–Trinajstić information content (AvgIpc) is 2.82. The fourth-order valence-electron chi connectivity index (χ4n) is 3.06. The lowest BCUT2D eigenvalue weighted by molar-refractivity contribution is 0.102. The predicted octanol–water partition coefficient (Wildman–Crippen LogP) is 4.49. The lowest BCUT2D eigenvalue weighted by Gasteiger charge is -2.11. The Labute approximate surface area is 188 Å². The summed E-state index contributed by atoms with van der Waals surface area (Å²) < 4.78 is 5.18. The van der Waals surface area contributed by atoms with Crippen LogP contribution in [0.1, 0.15) is 23.2 Å². The van der Waals surface area contributed by atoms with E-state index in [2.05, 4.69) is 15.6 Å². The number of nitrogens with two attached hydrogens (primary N) is 1. The minimum absolute atomic E-state index is 0.125. The molecule has 7 heteroatoms. The van der Waals surface area contributed by atoms with Gasteiger partial charge in [-0.3, -0.25) is 9.79 Å². The molecule has 0 aromatic heterocycles. The molecule has 0 heterocycles. The van der Waals surface area contributed by atoms with Crippen molar-refractivity contribution in [2.45, 2.75) is 18.9 Å². The predicted molar refractivity (Wildman–Crippen MR) is 130 cm³/mol. The number of nitrogens with zero attached hydrogens (tertiary/aromatic N) is 1. The van der Waals surface area contributed by atoms with Gasteiger partial charge in [0.1, 0.15) is 5.75 Å². The summed E-state index contributed by atoms with van der Waals surface area (Å²) in [6.07, 6.45) is 3.04. The number of hydrogen-bond acceptors (Lipinski definition) is 6. The molecule has 1 unspecified atom stereocenters. The molecule has 0 radical (unpaired) electrons. The Bertz CT molecular complexity index is 1070. The van der Waals surface area contributed by atoms with Crippen LogP contribution in [0.4, 0.5) is 22.7 Å². The number of carbonyl (C=O) groups is 1. The highest BCUT2D eigenvalue weighted by molar-refractivity contribution is 6.04. The third-order valence-electron chi connectivity index (χ3n) is 4.70. The molecule has 1 atom stereocenters. The van der Waals surface area contributed by atoms with E-state index in [-0.39, 0.29) is 18.6 Å². The number of hydrogen-bond donors (Lipinski definition) is 4. The van der Waals surface area contributed by atoms with Crippen molar-refractivity contribution in [3.63, 3.8) is 0 Å². The maximum Gasteiger partial charge on any atom is 0.255 e. The summed E-state index contributed by atoms with van der Waals surface area (Å²) in [6.45, 7) is 0.125. The SMILES string of the molecule is COc1cccc(C(=O)Nc2cccc(Nc3cccc(N=CC(N)CCCO)c3)c2)c1. The zero-order chi connectivity index (χ0) is 22.8. The molecule has 7 nitrogen and oxygen atoms in total. The molecule has 1 amide bonds. The van der Waals surface area contributed by atoms with Crippen molar-refractivity contribution in [3.05, 3.63) is 78.4 Å². The Morgan fingerprint density at radius 1 is 1.06 bits per heavy atom. The second-order valence-electron chi connectivity index (χ2n) is 7.25. The largest absolute Gasteiger partial charge is 0.497 e. The van der Waals surface area contributed by atoms with Gasteiger partial charge in [-0.25, -0.2) is 0 Å². The Morgan fingerprint density at radius 2 is 1.78 bits per heavy atom. The molecule has 0 aliphatic carbocycles. The van der Waals surface area contributed by atoms with Crippen LogP contribution in [0.2, 0.25) is 0 Å². The van der Waals surface area contributed by atoms with Crippen LogP contribution >= 0.6 is 0 Å². The van der Waals surface area contributed by atoms with Crippen LogP contribution in [-0.2, 0) is 0 Å². The van der Waals surface area contributed by atoms with E-state index >= 15 is 0 Å². The monoisotopic (exact) mass is 432 g/mol. The van der Waals surface area contributed by atoms with E-state index in [4.69, 9.17) is 15.6 Å². The Kier molecular flexibility index (Phi) is 8.36. The number of aliphatic imine (C=N–C) groups is 1. The molecule has 5 N–H and O–H groups in total. The molecule has 32 heavy (non-hydrogen) atoms. The third-order valence-corrected chi connectivity index (χ3v) is 4.70.